The van der Waals surface area contributed by atoms with E-state index in [0.717, 1.165) is 0 Å². The molecule has 0 spiro atoms. The van der Waals surface area contributed by atoms with Crippen LogP contribution >= 0.6 is 0 Å². The Balaban J connectivity index is 4.40. The molecule has 0 aromatic carbocycles. The van der Waals surface area contributed by atoms with Crippen LogP contribution in [0.3, 0.4) is 0 Å². The molecule has 0 saturated carbocycles. The Morgan fingerprint density at radius 2 is 1.83 bits per heavy atom. The van der Waals surface area contributed by atoms with Gasteiger partial charge in [0.25, 0.3) is 0 Å². The van der Waals surface area contributed by atoms with Gasteiger partial charge in [-0.25, -0.2) is 9.59 Å². The number of rotatable bonds is 5. The number of nitrogens with zero attached hydrogens (tertiary/aromatic N) is 1. The van der Waals surface area contributed by atoms with Gasteiger partial charge < -0.3 is 19.7 Å². The summed E-state index contributed by atoms with van der Waals surface area (Å²) in [6.07, 6.45) is -0.143. The third-order valence-electron chi connectivity index (χ3n) is 2.04. The predicted molar refractivity (Wildman–Crippen MR) is 68.3 cm³/mol. The SMILES string of the molecule is COC(=O)C(CCN(C)C)NC(=O)OC(C)(C)C. The quantitative estimate of drug-likeness (QED) is 0.747. The van der Waals surface area contributed by atoms with Crippen LogP contribution in [0.4, 0.5) is 4.79 Å². The molecule has 18 heavy (non-hydrogen) atoms. The third kappa shape index (κ3) is 7.89. The average Bonchev–Trinajstić information content (AvgIpc) is 2.20. The number of amides is 1. The van der Waals surface area contributed by atoms with E-state index >= 15 is 0 Å². The molecular weight excluding hydrogens is 236 g/mol. The summed E-state index contributed by atoms with van der Waals surface area (Å²) in [6.45, 7) is 5.95. The second kappa shape index (κ2) is 7.20. The Bertz CT molecular complexity index is 284. The average molecular weight is 260 g/mol. The van der Waals surface area contributed by atoms with Gasteiger partial charge >= 0.3 is 12.1 Å². The van der Waals surface area contributed by atoms with E-state index in [-0.39, 0.29) is 0 Å². The standard InChI is InChI=1S/C12H24N2O4/c1-12(2,3)18-11(16)13-9(10(15)17-6)7-8-14(4)5/h9H,7-8H2,1-6H3,(H,13,16). The van der Waals surface area contributed by atoms with Gasteiger partial charge in [-0.15, -0.1) is 0 Å². The molecule has 6 nitrogen and oxygen atoms in total. The minimum atomic E-state index is -0.688. The molecule has 1 N–H and O–H groups in total. The van der Waals surface area contributed by atoms with Crippen molar-refractivity contribution in [2.75, 3.05) is 27.7 Å². The molecule has 0 radical (unpaired) electrons. The van der Waals surface area contributed by atoms with Crippen molar-refractivity contribution in [1.29, 1.82) is 0 Å². The minimum absolute atomic E-state index is 0.470. The van der Waals surface area contributed by atoms with E-state index in [1.165, 1.54) is 7.11 Å². The summed E-state index contributed by atoms with van der Waals surface area (Å²) < 4.78 is 9.75. The molecule has 0 saturated heterocycles. The van der Waals surface area contributed by atoms with Crippen LogP contribution in [0.2, 0.25) is 0 Å². The second-order valence-electron chi connectivity index (χ2n) is 5.31. The van der Waals surface area contributed by atoms with E-state index in [9.17, 15) is 9.59 Å². The number of esters is 1. The molecule has 1 unspecified atom stereocenters. The molecular formula is C12H24N2O4. The maximum atomic E-state index is 11.6. The normalized spacial score (nSPS) is 13.1. The van der Waals surface area contributed by atoms with Gasteiger partial charge in [0.15, 0.2) is 0 Å². The first kappa shape index (κ1) is 16.7. The zero-order valence-electron chi connectivity index (χ0n) is 12.1. The highest BCUT2D eigenvalue weighted by molar-refractivity contribution is 5.81. The van der Waals surface area contributed by atoms with Crippen LogP contribution in [0.1, 0.15) is 27.2 Å². The monoisotopic (exact) mass is 260 g/mol. The van der Waals surface area contributed by atoms with E-state index in [4.69, 9.17) is 4.74 Å². The molecule has 0 heterocycles. The molecule has 106 valence electrons. The first-order valence-electron chi connectivity index (χ1n) is 5.88. The van der Waals surface area contributed by atoms with Crippen molar-refractivity contribution in [3.63, 3.8) is 0 Å². The summed E-state index contributed by atoms with van der Waals surface area (Å²) in [7, 11) is 5.07. The summed E-state index contributed by atoms with van der Waals surface area (Å²) in [6, 6.07) is -0.688. The molecule has 0 aromatic rings. The van der Waals surface area contributed by atoms with Crippen molar-refractivity contribution in [2.45, 2.75) is 38.8 Å². The summed E-state index contributed by atoms with van der Waals surface area (Å²) >= 11 is 0. The third-order valence-corrected chi connectivity index (χ3v) is 2.04. The highest BCUT2D eigenvalue weighted by Crippen LogP contribution is 2.07. The van der Waals surface area contributed by atoms with E-state index in [1.54, 1.807) is 20.8 Å². The van der Waals surface area contributed by atoms with Gasteiger partial charge in [-0.05, 0) is 41.3 Å². The molecule has 0 aliphatic rings. The van der Waals surface area contributed by atoms with Crippen molar-refractivity contribution in [2.24, 2.45) is 0 Å². The maximum Gasteiger partial charge on any atom is 0.408 e. The van der Waals surface area contributed by atoms with Crippen LogP contribution in [-0.2, 0) is 14.3 Å². The number of carbonyl (C=O) groups is 2. The molecule has 0 fully saturated rings. The smallest absolute Gasteiger partial charge is 0.408 e. The highest BCUT2D eigenvalue weighted by atomic mass is 16.6. The molecule has 0 bridgehead atoms. The lowest BCUT2D eigenvalue weighted by atomic mass is 10.2. The largest absolute Gasteiger partial charge is 0.467 e. The predicted octanol–water partition coefficient (Wildman–Crippen LogP) is 1.00. The van der Waals surface area contributed by atoms with E-state index in [2.05, 4.69) is 10.1 Å². The summed E-state index contributed by atoms with van der Waals surface area (Å²) in [5.74, 6) is -0.470. The summed E-state index contributed by atoms with van der Waals surface area (Å²) in [5.41, 5.74) is -0.591. The fourth-order valence-corrected chi connectivity index (χ4v) is 1.23. The summed E-state index contributed by atoms with van der Waals surface area (Å²) in [5, 5.41) is 2.52. The van der Waals surface area contributed by atoms with E-state index in [1.807, 2.05) is 19.0 Å². The van der Waals surface area contributed by atoms with Crippen LogP contribution in [0.5, 0.6) is 0 Å². The maximum absolute atomic E-state index is 11.6. The number of alkyl carbamates (subject to hydrolysis) is 1. The zero-order chi connectivity index (χ0) is 14.3. The van der Waals surface area contributed by atoms with Crippen LogP contribution < -0.4 is 5.32 Å². The van der Waals surface area contributed by atoms with Gasteiger partial charge in [-0.2, -0.15) is 0 Å². The van der Waals surface area contributed by atoms with Crippen molar-refractivity contribution in [3.8, 4) is 0 Å². The summed E-state index contributed by atoms with van der Waals surface area (Å²) in [4.78, 5) is 25.0. The van der Waals surface area contributed by atoms with Crippen molar-refractivity contribution in [3.05, 3.63) is 0 Å². The zero-order valence-corrected chi connectivity index (χ0v) is 12.1. The number of ether oxygens (including phenoxy) is 2. The first-order valence-corrected chi connectivity index (χ1v) is 5.88. The Hall–Kier alpha value is -1.30. The van der Waals surface area contributed by atoms with Gasteiger partial charge in [0.2, 0.25) is 0 Å². The van der Waals surface area contributed by atoms with Crippen molar-refractivity contribution < 1.29 is 19.1 Å². The number of hydrogen-bond acceptors (Lipinski definition) is 5. The van der Waals surface area contributed by atoms with Crippen molar-refractivity contribution >= 4 is 12.1 Å². The lowest BCUT2D eigenvalue weighted by Gasteiger charge is -2.23. The Morgan fingerprint density at radius 3 is 2.22 bits per heavy atom. The molecule has 6 heteroatoms. The molecule has 0 aromatic heterocycles. The number of hydrogen-bond donors (Lipinski definition) is 1. The van der Waals surface area contributed by atoms with Gasteiger partial charge in [0, 0.05) is 6.54 Å². The Morgan fingerprint density at radius 1 is 1.28 bits per heavy atom. The number of nitrogens with one attached hydrogen (secondary N) is 1. The van der Waals surface area contributed by atoms with E-state index < -0.39 is 23.7 Å². The first-order chi connectivity index (χ1) is 8.15. The van der Waals surface area contributed by atoms with Gasteiger partial charge in [-0.1, -0.05) is 0 Å². The van der Waals surface area contributed by atoms with Crippen molar-refractivity contribution in [1.82, 2.24) is 10.2 Å². The topological polar surface area (TPSA) is 67.9 Å². The lowest BCUT2D eigenvalue weighted by Crippen LogP contribution is -2.45. The molecule has 0 rings (SSSR count). The fraction of sp³-hybridized carbons (Fsp3) is 0.833. The minimum Gasteiger partial charge on any atom is -0.467 e. The van der Waals surface area contributed by atoms with Gasteiger partial charge in [0.1, 0.15) is 11.6 Å². The number of carbonyl (C=O) groups excluding carboxylic acids is 2. The van der Waals surface area contributed by atoms with Gasteiger partial charge in [0.05, 0.1) is 7.11 Å². The molecule has 0 aliphatic heterocycles. The second-order valence-corrected chi connectivity index (χ2v) is 5.31. The number of methoxy groups -OCH3 is 1. The molecule has 1 atom stereocenters. The van der Waals surface area contributed by atoms with Gasteiger partial charge in [-0.3, -0.25) is 0 Å². The highest BCUT2D eigenvalue weighted by Gasteiger charge is 2.24. The van der Waals surface area contributed by atoms with Crippen LogP contribution in [0.25, 0.3) is 0 Å². The molecule has 1 amide bonds. The Labute approximate surface area is 109 Å². The molecule has 0 aliphatic carbocycles. The Kier molecular flexibility index (Phi) is 6.68. The van der Waals surface area contributed by atoms with E-state index in [0.29, 0.717) is 13.0 Å². The van der Waals surface area contributed by atoms with Crippen LogP contribution in [-0.4, -0.2) is 56.4 Å². The van der Waals surface area contributed by atoms with Crippen LogP contribution in [0.15, 0.2) is 0 Å². The fourth-order valence-electron chi connectivity index (χ4n) is 1.23. The van der Waals surface area contributed by atoms with Crippen LogP contribution in [0, 0.1) is 0 Å². The lowest BCUT2D eigenvalue weighted by molar-refractivity contribution is -0.143.